The Hall–Kier alpha value is -1.51. The van der Waals surface area contributed by atoms with E-state index in [9.17, 15) is 0 Å². The third-order valence-corrected chi connectivity index (χ3v) is 3.18. The molecule has 1 aromatic rings. The molecule has 0 amide bonds. The fraction of sp³-hybridized carbons (Fsp3) is 0.385. The highest BCUT2D eigenvalue weighted by Crippen LogP contribution is 2.33. The number of benzene rings is 1. The van der Waals surface area contributed by atoms with Crippen LogP contribution in [-0.2, 0) is 0 Å². The minimum Gasteiger partial charge on any atom is -0.493 e. The summed E-state index contributed by atoms with van der Waals surface area (Å²) in [6, 6.07) is 3.76. The van der Waals surface area contributed by atoms with Gasteiger partial charge in [0.15, 0.2) is 11.5 Å². The summed E-state index contributed by atoms with van der Waals surface area (Å²) in [5.74, 6) is 1.34. The second-order valence-corrected chi connectivity index (χ2v) is 5.17. The summed E-state index contributed by atoms with van der Waals surface area (Å²) in [6.45, 7) is 2.79. The molecule has 0 spiro atoms. The summed E-state index contributed by atoms with van der Waals surface area (Å²) >= 11 is 2.20. The lowest BCUT2D eigenvalue weighted by Gasteiger charge is -2.13. The largest absolute Gasteiger partial charge is 0.493 e. The summed E-state index contributed by atoms with van der Waals surface area (Å²) in [5.41, 5.74) is 11.2. The Balaban J connectivity index is 2.94. The number of nitrogens with zero attached hydrogens (tertiary/aromatic N) is 2. The van der Waals surface area contributed by atoms with Gasteiger partial charge in [0.2, 0.25) is 5.96 Å². The lowest BCUT2D eigenvalue weighted by molar-refractivity contribution is 0.286. The molecule has 4 N–H and O–H groups in total. The number of hydrogen-bond acceptors (Lipinski definition) is 4. The Morgan fingerprint density at radius 2 is 2.15 bits per heavy atom. The first-order chi connectivity index (χ1) is 9.58. The molecule has 0 bridgehead atoms. The molecule has 1 aromatic carbocycles. The van der Waals surface area contributed by atoms with Crippen LogP contribution in [0.5, 0.6) is 11.5 Å². The summed E-state index contributed by atoms with van der Waals surface area (Å²) in [4.78, 5) is 0. The van der Waals surface area contributed by atoms with E-state index in [1.165, 1.54) is 0 Å². The molecule has 0 aliphatic rings. The number of hydrogen-bond donors (Lipinski definition) is 2. The van der Waals surface area contributed by atoms with Gasteiger partial charge in [-0.2, -0.15) is 5.10 Å². The van der Waals surface area contributed by atoms with Gasteiger partial charge >= 0.3 is 0 Å². The van der Waals surface area contributed by atoms with Crippen molar-refractivity contribution in [2.45, 2.75) is 19.8 Å². The first-order valence-corrected chi connectivity index (χ1v) is 7.28. The Bertz CT molecular complexity index is 499. The first kappa shape index (κ1) is 16.5. The van der Waals surface area contributed by atoms with Crippen LogP contribution in [0.1, 0.15) is 25.3 Å². The normalized spacial score (nSPS) is 10.6. The Morgan fingerprint density at radius 3 is 2.75 bits per heavy atom. The number of methoxy groups -OCH3 is 1. The van der Waals surface area contributed by atoms with Gasteiger partial charge in [-0.1, -0.05) is 13.3 Å². The van der Waals surface area contributed by atoms with Crippen molar-refractivity contribution in [1.82, 2.24) is 0 Å². The van der Waals surface area contributed by atoms with E-state index in [0.29, 0.717) is 12.4 Å². The molecule has 0 radical (unpaired) electrons. The van der Waals surface area contributed by atoms with Crippen LogP contribution in [-0.4, -0.2) is 25.9 Å². The average Bonchev–Trinajstić information content (AvgIpc) is 2.40. The average molecular weight is 390 g/mol. The van der Waals surface area contributed by atoms with E-state index in [1.54, 1.807) is 13.3 Å². The minimum absolute atomic E-state index is 0.0811. The van der Waals surface area contributed by atoms with Crippen LogP contribution in [0, 0.1) is 3.57 Å². The van der Waals surface area contributed by atoms with Gasteiger partial charge < -0.3 is 20.9 Å². The van der Waals surface area contributed by atoms with Crippen molar-refractivity contribution in [3.8, 4) is 11.5 Å². The van der Waals surface area contributed by atoms with Crippen molar-refractivity contribution in [3.63, 3.8) is 0 Å². The molecule has 20 heavy (non-hydrogen) atoms. The van der Waals surface area contributed by atoms with Crippen molar-refractivity contribution in [1.29, 1.82) is 0 Å². The molecular weight excluding hydrogens is 371 g/mol. The molecule has 0 saturated heterocycles. The van der Waals surface area contributed by atoms with Crippen molar-refractivity contribution < 1.29 is 9.47 Å². The maximum Gasteiger partial charge on any atom is 0.211 e. The number of rotatable bonds is 7. The lowest BCUT2D eigenvalue weighted by Crippen LogP contribution is -2.21. The third kappa shape index (κ3) is 5.24. The van der Waals surface area contributed by atoms with E-state index in [0.717, 1.165) is 27.7 Å². The highest BCUT2D eigenvalue weighted by molar-refractivity contribution is 14.1. The fourth-order valence-electron chi connectivity index (χ4n) is 1.44. The van der Waals surface area contributed by atoms with E-state index >= 15 is 0 Å². The summed E-state index contributed by atoms with van der Waals surface area (Å²) in [5, 5.41) is 7.33. The fourth-order valence-corrected chi connectivity index (χ4v) is 2.22. The number of unbranched alkanes of at least 4 members (excludes halogenated alkanes) is 1. The second-order valence-electron chi connectivity index (χ2n) is 4.01. The molecule has 110 valence electrons. The van der Waals surface area contributed by atoms with Crippen LogP contribution >= 0.6 is 22.6 Å². The van der Waals surface area contributed by atoms with Crippen LogP contribution in [0.15, 0.2) is 22.3 Å². The smallest absolute Gasteiger partial charge is 0.211 e. The monoisotopic (exact) mass is 390 g/mol. The first-order valence-electron chi connectivity index (χ1n) is 6.20. The van der Waals surface area contributed by atoms with E-state index in [4.69, 9.17) is 20.9 Å². The van der Waals surface area contributed by atoms with Gasteiger partial charge in [-0.25, -0.2) is 0 Å². The Morgan fingerprint density at radius 1 is 1.40 bits per heavy atom. The van der Waals surface area contributed by atoms with Gasteiger partial charge in [-0.05, 0) is 46.7 Å². The molecule has 0 atom stereocenters. The van der Waals surface area contributed by atoms with Gasteiger partial charge in [-0.15, -0.1) is 5.10 Å². The van der Waals surface area contributed by atoms with E-state index < -0.39 is 0 Å². The maximum absolute atomic E-state index is 5.75. The molecule has 0 fully saturated rings. The van der Waals surface area contributed by atoms with Gasteiger partial charge in [0.05, 0.1) is 23.5 Å². The summed E-state index contributed by atoms with van der Waals surface area (Å²) in [7, 11) is 1.61. The van der Waals surface area contributed by atoms with Crippen molar-refractivity contribution in [2.75, 3.05) is 13.7 Å². The highest BCUT2D eigenvalue weighted by Gasteiger charge is 2.10. The topological polar surface area (TPSA) is 95.2 Å². The zero-order valence-corrected chi connectivity index (χ0v) is 13.8. The minimum atomic E-state index is -0.0811. The zero-order chi connectivity index (χ0) is 15.0. The van der Waals surface area contributed by atoms with Gasteiger partial charge in [0.1, 0.15) is 0 Å². The molecule has 0 heterocycles. The number of guanidine groups is 1. The number of halogens is 1. The lowest BCUT2D eigenvalue weighted by atomic mass is 10.2. The van der Waals surface area contributed by atoms with Crippen molar-refractivity contribution in [3.05, 3.63) is 21.3 Å². The molecule has 7 heteroatoms. The molecule has 0 aromatic heterocycles. The third-order valence-electron chi connectivity index (χ3n) is 2.38. The summed E-state index contributed by atoms with van der Waals surface area (Å²) < 4.78 is 12.0. The Kier molecular flexibility index (Phi) is 7.13. The molecule has 1 rings (SSSR count). The van der Waals surface area contributed by atoms with E-state index in [-0.39, 0.29) is 5.96 Å². The maximum atomic E-state index is 5.75. The quantitative estimate of drug-likeness (QED) is 0.245. The van der Waals surface area contributed by atoms with Crippen LogP contribution in [0.4, 0.5) is 0 Å². The predicted octanol–water partition coefficient (Wildman–Crippen LogP) is 2.09. The molecule has 0 aliphatic carbocycles. The van der Waals surface area contributed by atoms with Gasteiger partial charge in [0, 0.05) is 0 Å². The molecule has 6 nitrogen and oxygen atoms in total. The predicted molar refractivity (Wildman–Crippen MR) is 89.5 cm³/mol. The molecule has 0 aliphatic heterocycles. The molecular formula is C13H19IN4O2. The highest BCUT2D eigenvalue weighted by atomic mass is 127. The number of ether oxygens (including phenoxy) is 2. The molecule has 0 saturated carbocycles. The van der Waals surface area contributed by atoms with E-state index in [1.807, 2.05) is 12.1 Å². The van der Waals surface area contributed by atoms with Crippen molar-refractivity contribution in [2.24, 2.45) is 21.7 Å². The van der Waals surface area contributed by atoms with Crippen molar-refractivity contribution >= 4 is 34.8 Å². The van der Waals surface area contributed by atoms with E-state index in [2.05, 4.69) is 39.7 Å². The van der Waals surface area contributed by atoms with Gasteiger partial charge in [-0.3, -0.25) is 0 Å². The molecule has 0 unspecified atom stereocenters. The van der Waals surface area contributed by atoms with Crippen LogP contribution < -0.4 is 20.9 Å². The standard InChI is InChI=1S/C13H19IN4O2/c1-3-4-5-20-12-10(14)6-9(7-11(12)19-2)8-17-18-13(15)16/h6-8H,3-5H2,1-2H3,(H4,15,16,18). The zero-order valence-electron chi connectivity index (χ0n) is 11.6. The van der Waals surface area contributed by atoms with Crippen LogP contribution in [0.2, 0.25) is 0 Å². The Labute approximate surface area is 132 Å². The number of nitrogens with two attached hydrogens (primary N) is 2. The van der Waals surface area contributed by atoms with Crippen LogP contribution in [0.3, 0.4) is 0 Å². The SMILES string of the molecule is CCCCOc1c(I)cc(C=NN=C(N)N)cc1OC. The van der Waals surface area contributed by atoms with Gasteiger partial charge in [0.25, 0.3) is 0 Å². The second kappa shape index (κ2) is 8.62. The van der Waals surface area contributed by atoms with Crippen LogP contribution in [0.25, 0.3) is 0 Å². The summed E-state index contributed by atoms with van der Waals surface area (Å²) in [6.07, 6.45) is 3.65.